The number of hydrogen-bond donors (Lipinski definition) is 2. The average Bonchev–Trinajstić information content (AvgIpc) is 3.12. The quantitative estimate of drug-likeness (QED) is 0.431. The summed E-state index contributed by atoms with van der Waals surface area (Å²) in [6.45, 7) is 5.25. The largest absolute Gasteiger partial charge is 0.491 e. The summed E-state index contributed by atoms with van der Waals surface area (Å²) in [4.78, 5) is 5.19. The van der Waals surface area contributed by atoms with Crippen LogP contribution in [0.3, 0.4) is 0 Å². The van der Waals surface area contributed by atoms with E-state index in [0.29, 0.717) is 12.1 Å². The van der Waals surface area contributed by atoms with E-state index in [1.807, 2.05) is 36.1 Å². The third kappa shape index (κ3) is 5.09. The highest BCUT2D eigenvalue weighted by Gasteiger charge is 2.41. The van der Waals surface area contributed by atoms with Crippen molar-refractivity contribution in [2.75, 3.05) is 33.0 Å². The monoisotopic (exact) mass is 476 g/mol. The first-order chi connectivity index (χ1) is 16.2. The van der Waals surface area contributed by atoms with Gasteiger partial charge in [-0.2, -0.15) is 0 Å². The number of fused-ring (bicyclic) bond motifs is 3. The molecule has 1 aliphatic rings. The Morgan fingerprint density at radius 2 is 1.82 bits per heavy atom. The highest BCUT2D eigenvalue weighted by atomic mass is 19.1. The molecule has 0 aliphatic carbocycles. The lowest BCUT2D eigenvalue weighted by molar-refractivity contribution is 0.0639. The van der Waals surface area contributed by atoms with Crippen molar-refractivity contribution in [3.05, 3.63) is 64.9 Å². The second-order valence-electron chi connectivity index (χ2n) is 9.39. The molecule has 2 aromatic carbocycles. The Bertz CT molecular complexity index is 1120. The lowest BCUT2D eigenvalue weighted by Gasteiger charge is -2.43. The van der Waals surface area contributed by atoms with Crippen LogP contribution in [0.1, 0.15) is 43.6 Å². The summed E-state index contributed by atoms with van der Waals surface area (Å²) in [5.74, 6) is -1.46. The number of nitrogens with one attached hydrogen (secondary N) is 1. The number of ether oxygens (including phenoxy) is 2. The molecule has 5 nitrogen and oxygen atoms in total. The van der Waals surface area contributed by atoms with Crippen molar-refractivity contribution in [3.63, 3.8) is 0 Å². The number of aromatic nitrogens is 1. The maximum atomic E-state index is 15.5. The molecule has 4 rings (SSSR count). The molecule has 0 amide bonds. The third-order valence-corrected chi connectivity index (χ3v) is 6.13. The molecule has 2 atom stereocenters. The lowest BCUT2D eigenvalue weighted by Crippen LogP contribution is -2.48. The number of alkyl halides is 1. The Hall–Kier alpha value is -2.55. The number of aliphatic hydroxyl groups excluding tert-OH is 1. The molecule has 3 aromatic rings. The van der Waals surface area contributed by atoms with Crippen LogP contribution in [0, 0.1) is 11.6 Å². The van der Waals surface area contributed by atoms with Gasteiger partial charge in [-0.1, -0.05) is 18.2 Å². The van der Waals surface area contributed by atoms with E-state index in [-0.39, 0.29) is 50.3 Å². The van der Waals surface area contributed by atoms with Gasteiger partial charge in [0.1, 0.15) is 29.7 Å². The number of H-pyrrole nitrogens is 1. The molecular formula is C26H31F3N2O3. The highest BCUT2D eigenvalue weighted by Crippen LogP contribution is 2.43. The van der Waals surface area contributed by atoms with Crippen LogP contribution in [0.15, 0.2) is 36.4 Å². The fourth-order valence-corrected chi connectivity index (χ4v) is 4.79. The summed E-state index contributed by atoms with van der Waals surface area (Å²) in [5.41, 5.74) is 0.886. The minimum Gasteiger partial charge on any atom is -0.491 e. The maximum absolute atomic E-state index is 15.5. The first kappa shape index (κ1) is 24.6. The molecule has 0 spiro atoms. The normalized spacial score (nSPS) is 18.9. The average molecular weight is 477 g/mol. The van der Waals surface area contributed by atoms with Gasteiger partial charge < -0.3 is 19.6 Å². The second-order valence-corrected chi connectivity index (χ2v) is 9.39. The number of nitrogens with zero attached hydrogens (tertiary/aromatic N) is 1. The van der Waals surface area contributed by atoms with Gasteiger partial charge in [-0.05, 0) is 38.8 Å². The molecule has 0 fully saturated rings. The van der Waals surface area contributed by atoms with Crippen molar-refractivity contribution < 1.29 is 27.8 Å². The minimum absolute atomic E-state index is 0.0208. The van der Waals surface area contributed by atoms with E-state index in [1.54, 1.807) is 0 Å². The van der Waals surface area contributed by atoms with Crippen LogP contribution >= 0.6 is 0 Å². The SMILES string of the molecule is C[C@@H]1Cc2c([nH]c3ccccc23)[C@@H](c2c(F)cc(OCCOCCO)cc2F)N1CC(C)(C)F. The van der Waals surface area contributed by atoms with Crippen LogP contribution < -0.4 is 4.74 Å². The first-order valence-corrected chi connectivity index (χ1v) is 11.5. The molecule has 0 radical (unpaired) electrons. The van der Waals surface area contributed by atoms with Gasteiger partial charge in [0.05, 0.1) is 25.9 Å². The van der Waals surface area contributed by atoms with Gasteiger partial charge in [0.15, 0.2) is 0 Å². The second kappa shape index (κ2) is 9.98. The summed E-state index contributed by atoms with van der Waals surface area (Å²) in [6.07, 6.45) is 0.643. The van der Waals surface area contributed by atoms with Crippen molar-refractivity contribution in [3.8, 4) is 5.75 Å². The number of aromatic amines is 1. The summed E-state index contributed by atoms with van der Waals surface area (Å²) >= 11 is 0. The molecule has 0 saturated carbocycles. The molecule has 1 aliphatic heterocycles. The zero-order chi connectivity index (χ0) is 24.5. The van der Waals surface area contributed by atoms with E-state index in [4.69, 9.17) is 14.6 Å². The van der Waals surface area contributed by atoms with E-state index in [1.165, 1.54) is 13.8 Å². The van der Waals surface area contributed by atoms with Gasteiger partial charge in [0.25, 0.3) is 0 Å². The fraction of sp³-hybridized carbons (Fsp3) is 0.462. The molecule has 0 unspecified atom stereocenters. The van der Waals surface area contributed by atoms with Gasteiger partial charge in [0, 0.05) is 46.9 Å². The Morgan fingerprint density at radius 3 is 2.50 bits per heavy atom. The van der Waals surface area contributed by atoms with E-state index in [9.17, 15) is 4.39 Å². The van der Waals surface area contributed by atoms with Gasteiger partial charge in [-0.3, -0.25) is 4.90 Å². The van der Waals surface area contributed by atoms with Gasteiger partial charge in [-0.25, -0.2) is 13.2 Å². The smallest absolute Gasteiger partial charge is 0.135 e. The summed E-state index contributed by atoms with van der Waals surface area (Å²) in [5, 5.41) is 9.75. The van der Waals surface area contributed by atoms with E-state index in [2.05, 4.69) is 4.98 Å². The molecule has 0 bridgehead atoms. The van der Waals surface area contributed by atoms with Crippen molar-refractivity contribution in [2.24, 2.45) is 0 Å². The van der Waals surface area contributed by atoms with Crippen LogP contribution in [0.2, 0.25) is 0 Å². The molecule has 0 saturated heterocycles. The van der Waals surface area contributed by atoms with Gasteiger partial charge >= 0.3 is 0 Å². The fourth-order valence-electron chi connectivity index (χ4n) is 4.79. The molecular weight excluding hydrogens is 445 g/mol. The minimum atomic E-state index is -1.55. The summed E-state index contributed by atoms with van der Waals surface area (Å²) < 4.78 is 56.4. The zero-order valence-electron chi connectivity index (χ0n) is 19.7. The van der Waals surface area contributed by atoms with Crippen molar-refractivity contribution in [1.29, 1.82) is 0 Å². The Balaban J connectivity index is 1.75. The van der Waals surface area contributed by atoms with Gasteiger partial charge in [0.2, 0.25) is 0 Å². The Labute approximate surface area is 197 Å². The van der Waals surface area contributed by atoms with E-state index < -0.39 is 23.3 Å². The van der Waals surface area contributed by atoms with Crippen LogP contribution in [0.4, 0.5) is 13.2 Å². The molecule has 2 N–H and O–H groups in total. The molecule has 34 heavy (non-hydrogen) atoms. The number of rotatable bonds is 9. The number of para-hydroxylation sites is 1. The van der Waals surface area contributed by atoms with E-state index >= 15 is 8.78 Å². The predicted octanol–water partition coefficient (Wildman–Crippen LogP) is 4.92. The Kier molecular flexibility index (Phi) is 7.21. The third-order valence-electron chi connectivity index (χ3n) is 6.13. The number of halogens is 3. The molecule has 1 aromatic heterocycles. The highest BCUT2D eigenvalue weighted by molar-refractivity contribution is 5.85. The van der Waals surface area contributed by atoms with Crippen molar-refractivity contribution in [2.45, 2.75) is 44.9 Å². The summed E-state index contributed by atoms with van der Waals surface area (Å²) in [7, 11) is 0. The first-order valence-electron chi connectivity index (χ1n) is 11.5. The van der Waals surface area contributed by atoms with Crippen LogP contribution in [0.25, 0.3) is 10.9 Å². The van der Waals surface area contributed by atoms with Crippen molar-refractivity contribution >= 4 is 10.9 Å². The maximum Gasteiger partial charge on any atom is 0.135 e. The lowest BCUT2D eigenvalue weighted by atomic mass is 9.87. The van der Waals surface area contributed by atoms with Crippen molar-refractivity contribution in [1.82, 2.24) is 9.88 Å². The van der Waals surface area contributed by atoms with Gasteiger partial charge in [-0.15, -0.1) is 0 Å². The van der Waals surface area contributed by atoms with E-state index in [0.717, 1.165) is 28.6 Å². The molecule has 184 valence electrons. The number of hydrogen-bond acceptors (Lipinski definition) is 4. The predicted molar refractivity (Wildman–Crippen MR) is 125 cm³/mol. The number of benzene rings is 2. The molecule has 2 heterocycles. The topological polar surface area (TPSA) is 57.7 Å². The van der Waals surface area contributed by atoms with Crippen LogP contribution in [-0.2, 0) is 11.2 Å². The Morgan fingerprint density at radius 1 is 1.12 bits per heavy atom. The molecule has 8 heteroatoms. The zero-order valence-corrected chi connectivity index (χ0v) is 19.7. The van der Waals surface area contributed by atoms with Crippen LogP contribution in [0.5, 0.6) is 5.75 Å². The van der Waals surface area contributed by atoms with Crippen LogP contribution in [-0.4, -0.2) is 59.7 Å². The standard InChI is InChI=1S/C26H31F3N2O3/c1-16-12-19-18-6-4-5-7-22(18)30-24(19)25(31(16)15-26(2,3)29)23-20(27)13-17(14-21(23)28)34-11-10-33-9-8-32/h4-7,13-14,16,25,30,32H,8-12,15H2,1-3H3/t16-,25-/m1/s1. The number of aliphatic hydroxyl groups is 1. The summed E-state index contributed by atoms with van der Waals surface area (Å²) in [6, 6.07) is 9.13.